The number of amides is 2. The number of urea groups is 1. The zero-order valence-corrected chi connectivity index (χ0v) is 4.33. The third kappa shape index (κ3) is 9.14. The maximum Gasteiger partial charge on any atom is 0.527 e. The average Bonchev–Trinajstić information content (AvgIpc) is 1.38. The molecule has 2 amide bonds. The van der Waals surface area contributed by atoms with E-state index in [2.05, 4.69) is 27.3 Å². The van der Waals surface area contributed by atoms with E-state index in [-0.39, 0.29) is 18.4 Å². The number of rotatable bonds is 0. The minimum atomic E-state index is -0.230. The first kappa shape index (κ1) is 9.28. The van der Waals surface area contributed by atoms with Crippen molar-refractivity contribution in [1.82, 2.24) is 0 Å². The topological polar surface area (TPSA) is 63.3 Å². The van der Waals surface area contributed by atoms with E-state index in [0.29, 0.717) is 0 Å². The molecular weight excluding hydrogens is 127 g/mol. The molecule has 0 unspecified atom stereocenters. The lowest BCUT2D eigenvalue weighted by Crippen LogP contribution is -3.00. The second-order valence-corrected chi connectivity index (χ2v) is 0.634. The number of hydrogen-bond acceptors (Lipinski definition) is 0. The summed E-state index contributed by atoms with van der Waals surface area (Å²) in [5, 5.41) is 0. The van der Waals surface area contributed by atoms with Crippen molar-refractivity contribution in [3.05, 3.63) is 0 Å². The summed E-state index contributed by atoms with van der Waals surface area (Å²) in [6.07, 6.45) is 0. The van der Waals surface area contributed by atoms with Crippen LogP contribution in [0.4, 0.5) is 3.98 Å². The Bertz CT molecular complexity index is 49.5. The summed E-state index contributed by atoms with van der Waals surface area (Å²) in [6.45, 7) is 0. The molecular formula is CH4Cl2N2O. The molecule has 0 atom stereocenters. The van der Waals surface area contributed by atoms with Crippen molar-refractivity contribution in [1.29, 1.82) is 0 Å². The Kier molecular flexibility index (Phi) is 7.50. The van der Waals surface area contributed by atoms with Crippen molar-refractivity contribution in [3.63, 3.8) is 0 Å². The SMILES string of the molecule is NC(N)=[O+]Cl.[Cl-]. The van der Waals surface area contributed by atoms with Gasteiger partial charge in [0.1, 0.15) is 0 Å². The summed E-state index contributed by atoms with van der Waals surface area (Å²) < 4.78 is 3.69. The maximum atomic E-state index is 4.63. The van der Waals surface area contributed by atoms with Gasteiger partial charge < -0.3 is 23.9 Å². The van der Waals surface area contributed by atoms with Gasteiger partial charge in [-0.05, 0) is 0 Å². The molecule has 4 N–H and O–H groups in total. The number of carbonyl (C=O) groups excluding carboxylic acids is 1. The van der Waals surface area contributed by atoms with Gasteiger partial charge in [-0.15, -0.1) is 0 Å². The second kappa shape index (κ2) is 4.85. The summed E-state index contributed by atoms with van der Waals surface area (Å²) in [6, 6.07) is -0.230. The van der Waals surface area contributed by atoms with Crippen LogP contribution >= 0.6 is 11.9 Å². The molecule has 0 radical (unpaired) electrons. The highest BCUT2D eigenvalue weighted by atomic mass is 35.5. The molecule has 0 aromatic carbocycles. The van der Waals surface area contributed by atoms with E-state index in [1.165, 1.54) is 0 Å². The van der Waals surface area contributed by atoms with Crippen molar-refractivity contribution in [3.8, 4) is 0 Å². The minimum Gasteiger partial charge on any atom is -1.00 e. The van der Waals surface area contributed by atoms with Gasteiger partial charge in [-0.2, -0.15) is 0 Å². The fourth-order valence-electron chi connectivity index (χ4n) is 0. The molecule has 0 aliphatic rings. The van der Waals surface area contributed by atoms with Crippen LogP contribution in [0, 0.1) is 0 Å². The van der Waals surface area contributed by atoms with Gasteiger partial charge in [0.15, 0.2) is 0 Å². The lowest BCUT2D eigenvalue weighted by atomic mass is 11.2. The van der Waals surface area contributed by atoms with Crippen molar-refractivity contribution in [2.45, 2.75) is 0 Å². The van der Waals surface area contributed by atoms with E-state index < -0.39 is 0 Å². The van der Waals surface area contributed by atoms with E-state index >= 15 is 0 Å². The zero-order valence-electron chi connectivity index (χ0n) is 2.82. The highest BCUT2D eigenvalue weighted by Gasteiger charge is 1.87. The number of halogens is 2. The first-order valence-corrected chi connectivity index (χ1v) is 1.24. The van der Waals surface area contributed by atoms with Gasteiger partial charge >= 0.3 is 17.9 Å². The zero-order chi connectivity index (χ0) is 4.28. The number of primary amides is 2. The van der Waals surface area contributed by atoms with Gasteiger partial charge in [0.05, 0.1) is 0 Å². The highest BCUT2D eigenvalue weighted by Crippen LogP contribution is 1.78. The molecule has 0 spiro atoms. The van der Waals surface area contributed by atoms with E-state index in [1.807, 2.05) is 0 Å². The van der Waals surface area contributed by atoms with Gasteiger partial charge in [-0.1, -0.05) is 3.98 Å². The molecule has 6 heavy (non-hydrogen) atoms. The maximum absolute atomic E-state index is 4.63. The van der Waals surface area contributed by atoms with Crippen LogP contribution in [0.3, 0.4) is 0 Å². The van der Waals surface area contributed by atoms with Gasteiger partial charge in [0, 0.05) is 0 Å². The van der Waals surface area contributed by atoms with Crippen LogP contribution in [0.5, 0.6) is 0 Å². The lowest BCUT2D eigenvalue weighted by Gasteiger charge is -1.56. The Morgan fingerprint density at radius 1 is 1.50 bits per heavy atom. The summed E-state index contributed by atoms with van der Waals surface area (Å²) in [5.41, 5.74) is 9.26. The summed E-state index contributed by atoms with van der Waals surface area (Å²) in [5.74, 6) is 0. The van der Waals surface area contributed by atoms with Crippen LogP contribution in [0.25, 0.3) is 0 Å². The Labute approximate surface area is 46.5 Å². The van der Waals surface area contributed by atoms with Gasteiger partial charge in [-0.25, -0.2) is 0 Å². The molecule has 38 valence electrons. The molecule has 0 fully saturated rings. The van der Waals surface area contributed by atoms with Gasteiger partial charge in [0.2, 0.25) is 0 Å². The average molecular weight is 131 g/mol. The second-order valence-electron chi connectivity index (χ2n) is 0.480. The Hall–Kier alpha value is -0.150. The quantitative estimate of drug-likeness (QED) is 0.324. The fraction of sp³-hybridized carbons (Fsp3) is 0. The van der Waals surface area contributed by atoms with Gasteiger partial charge in [-0.3, -0.25) is 0 Å². The van der Waals surface area contributed by atoms with Crippen LogP contribution in [0.2, 0.25) is 0 Å². The summed E-state index contributed by atoms with van der Waals surface area (Å²) >= 11 is 4.55. The van der Waals surface area contributed by atoms with Crippen LogP contribution in [-0.4, -0.2) is 6.03 Å². The third-order valence-corrected chi connectivity index (χ3v) is 0.267. The predicted octanol–water partition coefficient (Wildman–Crippen LogP) is -3.28. The Balaban J connectivity index is 0. The van der Waals surface area contributed by atoms with Crippen molar-refractivity contribution in [2.75, 3.05) is 0 Å². The standard InChI is InChI=1S/CH4ClN2O.ClH/c2-5-1(3)4;/h3-4H2;1H/q+1;/p-1. The lowest BCUT2D eigenvalue weighted by molar-refractivity contribution is -0.00000778. The van der Waals surface area contributed by atoms with E-state index in [0.717, 1.165) is 0 Å². The molecule has 5 heteroatoms. The Morgan fingerprint density at radius 2 is 1.67 bits per heavy atom. The molecule has 3 nitrogen and oxygen atoms in total. The number of hydrogen-bond donors (Lipinski definition) is 2. The van der Waals surface area contributed by atoms with Crippen LogP contribution in [0.15, 0.2) is 0 Å². The van der Waals surface area contributed by atoms with Crippen molar-refractivity contribution >= 4 is 17.9 Å². The van der Waals surface area contributed by atoms with Crippen molar-refractivity contribution < 1.29 is 16.4 Å². The van der Waals surface area contributed by atoms with Crippen LogP contribution in [-0.2, 0) is 0 Å². The molecule has 0 bridgehead atoms. The van der Waals surface area contributed by atoms with E-state index in [1.54, 1.807) is 0 Å². The molecule has 0 saturated carbocycles. The fourth-order valence-corrected chi connectivity index (χ4v) is 0. The highest BCUT2D eigenvalue weighted by molar-refractivity contribution is 6.07. The molecule has 0 aromatic rings. The third-order valence-electron chi connectivity index (χ3n) is 0.0891. The summed E-state index contributed by atoms with van der Waals surface area (Å²) in [4.78, 5) is 0. The van der Waals surface area contributed by atoms with Crippen LogP contribution < -0.4 is 23.9 Å². The molecule has 0 aliphatic carbocycles. The molecule has 0 saturated heterocycles. The Morgan fingerprint density at radius 3 is 1.67 bits per heavy atom. The molecule has 0 aliphatic heterocycles. The van der Waals surface area contributed by atoms with Gasteiger partial charge in [0.25, 0.3) is 0 Å². The first-order valence-electron chi connectivity index (χ1n) is 0.936. The van der Waals surface area contributed by atoms with Crippen molar-refractivity contribution in [2.24, 2.45) is 11.5 Å². The molecule has 0 rings (SSSR count). The molecule has 0 aromatic heterocycles. The van der Waals surface area contributed by atoms with E-state index in [4.69, 9.17) is 0 Å². The summed E-state index contributed by atoms with van der Waals surface area (Å²) in [7, 11) is 0. The largest absolute Gasteiger partial charge is 1.00 e. The monoisotopic (exact) mass is 130 g/mol. The normalized spacial score (nSPS) is 5.50. The first-order chi connectivity index (χ1) is 2.27. The predicted molar refractivity (Wildman–Crippen MR) is 19.6 cm³/mol. The minimum absolute atomic E-state index is 0. The van der Waals surface area contributed by atoms with Crippen LogP contribution in [0.1, 0.15) is 0 Å². The smallest absolute Gasteiger partial charge is 0.527 e. The molecule has 0 heterocycles. The number of nitrogens with two attached hydrogens (primary N) is 2. The van der Waals surface area contributed by atoms with E-state index in [9.17, 15) is 0 Å².